The molecule has 0 aromatic heterocycles. The van der Waals surface area contributed by atoms with E-state index >= 15 is 0 Å². The molecular formula is C20H36N2O11. The minimum atomic E-state index is -0.872. The molecule has 0 aromatic rings. The van der Waals surface area contributed by atoms with Crippen LogP contribution in [0.5, 0.6) is 0 Å². The van der Waals surface area contributed by atoms with Gasteiger partial charge in [0, 0.05) is 6.92 Å². The Kier molecular flexibility index (Phi) is 11.7. The van der Waals surface area contributed by atoms with Crippen molar-refractivity contribution in [2.75, 3.05) is 59.5 Å². The van der Waals surface area contributed by atoms with E-state index in [4.69, 9.17) is 38.9 Å². The van der Waals surface area contributed by atoms with Crippen LogP contribution in [0.1, 0.15) is 20.8 Å². The summed E-state index contributed by atoms with van der Waals surface area (Å²) in [6, 6.07) is -0.603. The highest BCUT2D eigenvalue weighted by atomic mass is 16.8. The number of aliphatic hydroxyl groups is 1. The van der Waals surface area contributed by atoms with Crippen molar-refractivity contribution in [1.82, 2.24) is 5.32 Å². The number of carbonyl (C=O) groups excluding carboxylic acids is 2. The SMILES string of the molecule is CC(=O)N[C@H]1C(OCCOCCOCCOCCOC(N)=O)O[C@H](CO)[C@@H]2OC(C)(C)O[C@@H]21. The number of ether oxygens (including phenoxy) is 8. The van der Waals surface area contributed by atoms with E-state index in [1.54, 1.807) is 13.8 Å². The number of carbonyl (C=O) groups is 2. The number of nitrogens with one attached hydrogen (secondary N) is 1. The van der Waals surface area contributed by atoms with Gasteiger partial charge in [0.1, 0.15) is 31.0 Å². The van der Waals surface area contributed by atoms with Crippen LogP contribution in [0.25, 0.3) is 0 Å². The second-order valence-corrected chi connectivity index (χ2v) is 7.89. The Morgan fingerprint density at radius 1 is 0.939 bits per heavy atom. The monoisotopic (exact) mass is 480 g/mol. The van der Waals surface area contributed by atoms with Crippen molar-refractivity contribution in [3.63, 3.8) is 0 Å². The van der Waals surface area contributed by atoms with Crippen molar-refractivity contribution in [3.05, 3.63) is 0 Å². The molecule has 0 saturated carbocycles. The second kappa shape index (κ2) is 14.0. The summed E-state index contributed by atoms with van der Waals surface area (Å²) in [6.45, 7) is 6.91. The minimum absolute atomic E-state index is 0.101. The van der Waals surface area contributed by atoms with Crippen LogP contribution in [-0.4, -0.2) is 113 Å². The normalized spacial score (nSPS) is 28.3. The van der Waals surface area contributed by atoms with Crippen molar-refractivity contribution in [1.29, 1.82) is 0 Å². The number of hydrogen-bond donors (Lipinski definition) is 3. The highest BCUT2D eigenvalue weighted by Crippen LogP contribution is 2.37. The van der Waals surface area contributed by atoms with Gasteiger partial charge in [0.2, 0.25) is 5.91 Å². The molecule has 1 unspecified atom stereocenters. The Morgan fingerprint density at radius 3 is 2.03 bits per heavy atom. The summed E-state index contributed by atoms with van der Waals surface area (Å²) in [5.41, 5.74) is 4.83. The number of nitrogens with two attached hydrogens (primary N) is 1. The van der Waals surface area contributed by atoms with Crippen molar-refractivity contribution >= 4 is 12.0 Å². The molecule has 2 aliphatic rings. The fourth-order valence-electron chi connectivity index (χ4n) is 3.51. The fourth-order valence-corrected chi connectivity index (χ4v) is 3.51. The zero-order valence-corrected chi connectivity index (χ0v) is 19.4. The zero-order valence-electron chi connectivity index (χ0n) is 19.4. The molecule has 2 rings (SSSR count). The number of fused-ring (bicyclic) bond motifs is 1. The lowest BCUT2D eigenvalue weighted by Gasteiger charge is -2.41. The highest BCUT2D eigenvalue weighted by molar-refractivity contribution is 5.73. The van der Waals surface area contributed by atoms with Gasteiger partial charge in [-0.05, 0) is 13.8 Å². The number of amides is 2. The van der Waals surface area contributed by atoms with Gasteiger partial charge in [-0.1, -0.05) is 0 Å². The number of hydrogen-bond acceptors (Lipinski definition) is 11. The van der Waals surface area contributed by atoms with Crippen LogP contribution in [0.3, 0.4) is 0 Å². The van der Waals surface area contributed by atoms with E-state index in [-0.39, 0.29) is 38.9 Å². The summed E-state index contributed by atoms with van der Waals surface area (Å²) in [6.07, 6.45) is -3.38. The van der Waals surface area contributed by atoms with Crippen LogP contribution in [0.4, 0.5) is 4.79 Å². The van der Waals surface area contributed by atoms with Crippen molar-refractivity contribution < 1.29 is 52.6 Å². The van der Waals surface area contributed by atoms with Crippen LogP contribution in [-0.2, 0) is 42.7 Å². The Morgan fingerprint density at radius 2 is 1.48 bits per heavy atom. The maximum atomic E-state index is 11.7. The lowest BCUT2D eigenvalue weighted by molar-refractivity contribution is -0.253. The van der Waals surface area contributed by atoms with Crippen LogP contribution in [0, 0.1) is 0 Å². The minimum Gasteiger partial charge on any atom is -0.447 e. The first-order valence-corrected chi connectivity index (χ1v) is 10.9. The molecule has 2 saturated heterocycles. The topological polar surface area (TPSA) is 166 Å². The summed E-state index contributed by atoms with van der Waals surface area (Å²) >= 11 is 0. The molecule has 0 aliphatic carbocycles. The number of aliphatic hydroxyl groups excluding tert-OH is 1. The van der Waals surface area contributed by atoms with Crippen molar-refractivity contribution in [2.45, 2.75) is 57.2 Å². The smallest absolute Gasteiger partial charge is 0.404 e. The molecule has 2 heterocycles. The van der Waals surface area contributed by atoms with Gasteiger partial charge in [0.15, 0.2) is 12.1 Å². The van der Waals surface area contributed by atoms with Crippen molar-refractivity contribution in [3.8, 4) is 0 Å². The third-order valence-electron chi connectivity index (χ3n) is 4.76. The van der Waals surface area contributed by atoms with Gasteiger partial charge in [0.25, 0.3) is 0 Å². The van der Waals surface area contributed by atoms with Gasteiger partial charge < -0.3 is 54.1 Å². The fraction of sp³-hybridized carbons (Fsp3) is 0.900. The van der Waals surface area contributed by atoms with Gasteiger partial charge in [-0.25, -0.2) is 4.79 Å². The Hall–Kier alpha value is -1.58. The molecule has 0 aromatic carbocycles. The molecule has 5 atom stereocenters. The van der Waals surface area contributed by atoms with E-state index in [9.17, 15) is 14.7 Å². The molecule has 13 nitrogen and oxygen atoms in total. The van der Waals surface area contributed by atoms with E-state index in [0.29, 0.717) is 26.4 Å². The van der Waals surface area contributed by atoms with Crippen molar-refractivity contribution in [2.24, 2.45) is 5.73 Å². The van der Waals surface area contributed by atoms with E-state index in [1.807, 2.05) is 0 Å². The van der Waals surface area contributed by atoms with Crippen LogP contribution >= 0.6 is 0 Å². The zero-order chi connectivity index (χ0) is 24.3. The number of rotatable bonds is 15. The van der Waals surface area contributed by atoms with Crippen LogP contribution in [0.15, 0.2) is 0 Å². The van der Waals surface area contributed by atoms with Gasteiger partial charge in [0.05, 0.1) is 52.9 Å². The van der Waals surface area contributed by atoms with Gasteiger partial charge in [-0.3, -0.25) is 4.79 Å². The largest absolute Gasteiger partial charge is 0.447 e. The Balaban J connectivity index is 1.63. The lowest BCUT2D eigenvalue weighted by atomic mass is 9.97. The maximum absolute atomic E-state index is 11.7. The number of primary amides is 1. The predicted octanol–water partition coefficient (Wildman–Crippen LogP) is -1.11. The summed E-state index contributed by atoms with van der Waals surface area (Å²) in [7, 11) is 0. The summed E-state index contributed by atoms with van der Waals surface area (Å²) in [4.78, 5) is 22.1. The average Bonchev–Trinajstić information content (AvgIpc) is 3.07. The van der Waals surface area contributed by atoms with Crippen LogP contribution in [0.2, 0.25) is 0 Å². The Labute approximate surface area is 193 Å². The molecule has 2 aliphatic heterocycles. The molecular weight excluding hydrogens is 444 g/mol. The highest BCUT2D eigenvalue weighted by Gasteiger charge is 2.55. The lowest BCUT2D eigenvalue weighted by Crippen LogP contribution is -2.63. The maximum Gasteiger partial charge on any atom is 0.404 e. The predicted molar refractivity (Wildman–Crippen MR) is 111 cm³/mol. The Bertz CT molecular complexity index is 607. The van der Waals surface area contributed by atoms with Gasteiger partial charge in [-0.15, -0.1) is 0 Å². The van der Waals surface area contributed by atoms with E-state index in [0.717, 1.165) is 0 Å². The molecule has 33 heavy (non-hydrogen) atoms. The first-order valence-electron chi connectivity index (χ1n) is 10.9. The standard InChI is InChI=1S/C20H36N2O11/c1-13(24)22-15-17-16(32-20(2,3)33-17)14(12-23)31-18(15)29-10-8-27-6-4-26-5-7-28-9-11-30-19(21)25/h14-18,23H,4-12H2,1-3H3,(H2,21,25)(H,22,24)/t14-,15-,16+,17-,18?/m1/s1. The average molecular weight is 481 g/mol. The third kappa shape index (κ3) is 9.66. The second-order valence-electron chi connectivity index (χ2n) is 7.89. The molecule has 13 heteroatoms. The summed E-state index contributed by atoms with van der Waals surface area (Å²) in [5.74, 6) is -1.13. The first kappa shape index (κ1) is 27.7. The molecule has 4 N–H and O–H groups in total. The summed E-state index contributed by atoms with van der Waals surface area (Å²) in [5, 5.41) is 12.5. The molecule has 192 valence electrons. The van der Waals surface area contributed by atoms with Gasteiger partial charge in [-0.2, -0.15) is 0 Å². The van der Waals surface area contributed by atoms with E-state index < -0.39 is 42.5 Å². The van der Waals surface area contributed by atoms with E-state index in [2.05, 4.69) is 10.1 Å². The third-order valence-corrected chi connectivity index (χ3v) is 4.76. The molecule has 0 radical (unpaired) electrons. The first-order chi connectivity index (χ1) is 15.7. The molecule has 0 bridgehead atoms. The van der Waals surface area contributed by atoms with E-state index in [1.165, 1.54) is 6.92 Å². The summed E-state index contributed by atoms with van der Waals surface area (Å²) < 4.78 is 44.0. The quantitative estimate of drug-likeness (QED) is 0.243. The molecule has 2 amide bonds. The van der Waals surface area contributed by atoms with Crippen LogP contribution < -0.4 is 11.1 Å². The van der Waals surface area contributed by atoms with Gasteiger partial charge >= 0.3 is 6.09 Å². The molecule has 2 fully saturated rings. The molecule has 0 spiro atoms.